The molecule has 0 aliphatic heterocycles. The lowest BCUT2D eigenvalue weighted by Gasteiger charge is -2.25. The van der Waals surface area contributed by atoms with Gasteiger partial charge in [0.25, 0.3) is 0 Å². The average molecular weight is 263 g/mol. The molecule has 1 nitrogen and oxygen atoms in total. The van der Waals surface area contributed by atoms with Crippen LogP contribution in [0.25, 0.3) is 0 Å². The molecule has 0 aliphatic carbocycles. The Labute approximate surface area is 116 Å². The van der Waals surface area contributed by atoms with E-state index < -0.39 is 0 Å². The number of hydrogen-bond donors (Lipinski definition) is 1. The van der Waals surface area contributed by atoms with Crippen LogP contribution in [-0.4, -0.2) is 12.6 Å². The van der Waals surface area contributed by atoms with E-state index in [1.165, 1.54) is 0 Å². The van der Waals surface area contributed by atoms with Crippen LogP contribution in [0.15, 0.2) is 30.4 Å². The molecular weight excluding hydrogens is 237 g/mol. The summed E-state index contributed by atoms with van der Waals surface area (Å²) in [7, 11) is 0. The van der Waals surface area contributed by atoms with E-state index in [1.54, 1.807) is 6.07 Å². The predicted octanol–water partition coefficient (Wildman–Crippen LogP) is 4.43. The lowest BCUT2D eigenvalue weighted by molar-refractivity contribution is 0.515. The molecule has 0 radical (unpaired) electrons. The molecule has 19 heavy (non-hydrogen) atoms. The van der Waals surface area contributed by atoms with Gasteiger partial charge in [0.1, 0.15) is 5.82 Å². The molecule has 106 valence electrons. The second-order valence-corrected chi connectivity index (χ2v) is 5.87. The Hall–Kier alpha value is -1.15. The topological polar surface area (TPSA) is 12.0 Å². The first kappa shape index (κ1) is 15.9. The minimum Gasteiger partial charge on any atom is -0.314 e. The fraction of sp³-hybridized carbons (Fsp3) is 0.529. The molecule has 0 saturated carbocycles. The highest BCUT2D eigenvalue weighted by Crippen LogP contribution is 2.30. The van der Waals surface area contributed by atoms with Crippen molar-refractivity contribution in [3.05, 3.63) is 47.3 Å². The number of nitrogens with one attached hydrogen (secondary N) is 1. The normalized spacial score (nSPS) is 13.1. The van der Waals surface area contributed by atoms with Crippen molar-refractivity contribution in [2.45, 2.75) is 46.6 Å². The van der Waals surface area contributed by atoms with Crippen LogP contribution in [0.3, 0.4) is 0 Å². The van der Waals surface area contributed by atoms with Crippen LogP contribution in [0.2, 0.25) is 0 Å². The standard InChI is InChI=1S/C17H26FN/c1-11(2)14(6)16(10-19-12(3)4)15-8-7-13(5)9-17(15)18/h7-9,11-12,16,19H,6,10H2,1-5H3/t16-/m0/s1. The van der Waals surface area contributed by atoms with Crippen LogP contribution in [0.4, 0.5) is 4.39 Å². The molecular formula is C17H26FN. The number of hydrogen-bond acceptors (Lipinski definition) is 1. The first-order valence-electron chi connectivity index (χ1n) is 7.01. The van der Waals surface area contributed by atoms with Gasteiger partial charge in [0.15, 0.2) is 0 Å². The Kier molecular flexibility index (Phi) is 5.74. The molecule has 1 rings (SSSR count). The highest BCUT2D eigenvalue weighted by Gasteiger charge is 2.21. The van der Waals surface area contributed by atoms with Crippen molar-refractivity contribution in [1.29, 1.82) is 0 Å². The van der Waals surface area contributed by atoms with Crippen LogP contribution in [0, 0.1) is 18.7 Å². The van der Waals surface area contributed by atoms with Gasteiger partial charge in [-0.2, -0.15) is 0 Å². The summed E-state index contributed by atoms with van der Waals surface area (Å²) < 4.78 is 14.2. The van der Waals surface area contributed by atoms with Crippen LogP contribution in [-0.2, 0) is 0 Å². The zero-order chi connectivity index (χ0) is 14.6. The van der Waals surface area contributed by atoms with Gasteiger partial charge in [-0.3, -0.25) is 0 Å². The Balaban J connectivity index is 3.04. The van der Waals surface area contributed by atoms with E-state index >= 15 is 0 Å². The summed E-state index contributed by atoms with van der Waals surface area (Å²) in [6.07, 6.45) is 0. The molecule has 0 aromatic heterocycles. The van der Waals surface area contributed by atoms with E-state index in [1.807, 2.05) is 19.1 Å². The summed E-state index contributed by atoms with van der Waals surface area (Å²) in [6.45, 7) is 15.2. The highest BCUT2D eigenvalue weighted by molar-refractivity contribution is 5.33. The largest absolute Gasteiger partial charge is 0.314 e. The van der Waals surface area contributed by atoms with E-state index in [-0.39, 0.29) is 11.7 Å². The Morgan fingerprint density at radius 3 is 2.37 bits per heavy atom. The number of benzene rings is 1. The molecule has 0 heterocycles. The first-order chi connectivity index (χ1) is 8.82. The van der Waals surface area contributed by atoms with Crippen molar-refractivity contribution in [1.82, 2.24) is 5.32 Å². The minimum absolute atomic E-state index is 0.0306. The molecule has 1 atom stereocenters. The molecule has 0 spiro atoms. The van der Waals surface area contributed by atoms with Crippen molar-refractivity contribution in [3.63, 3.8) is 0 Å². The van der Waals surface area contributed by atoms with Gasteiger partial charge >= 0.3 is 0 Å². The van der Waals surface area contributed by atoms with Gasteiger partial charge in [0.2, 0.25) is 0 Å². The van der Waals surface area contributed by atoms with Crippen LogP contribution in [0.5, 0.6) is 0 Å². The smallest absolute Gasteiger partial charge is 0.127 e. The van der Waals surface area contributed by atoms with Crippen molar-refractivity contribution in [3.8, 4) is 0 Å². The summed E-state index contributed by atoms with van der Waals surface area (Å²) in [4.78, 5) is 0. The van der Waals surface area contributed by atoms with Crippen LogP contribution >= 0.6 is 0 Å². The monoisotopic (exact) mass is 263 g/mol. The molecule has 2 heteroatoms. The second kappa shape index (κ2) is 6.85. The zero-order valence-electron chi connectivity index (χ0n) is 12.8. The van der Waals surface area contributed by atoms with Crippen molar-refractivity contribution >= 4 is 0 Å². The van der Waals surface area contributed by atoms with E-state index in [4.69, 9.17) is 0 Å². The van der Waals surface area contributed by atoms with E-state index in [0.717, 1.165) is 23.2 Å². The molecule has 0 saturated heterocycles. The average Bonchev–Trinajstić information content (AvgIpc) is 2.30. The third-order valence-electron chi connectivity index (χ3n) is 3.45. The maximum Gasteiger partial charge on any atom is 0.127 e. The molecule has 1 N–H and O–H groups in total. The Bertz CT molecular complexity index is 435. The lowest BCUT2D eigenvalue weighted by atomic mass is 9.85. The van der Waals surface area contributed by atoms with E-state index in [9.17, 15) is 4.39 Å². The quantitative estimate of drug-likeness (QED) is 0.749. The Morgan fingerprint density at radius 2 is 1.89 bits per heavy atom. The third-order valence-corrected chi connectivity index (χ3v) is 3.45. The van der Waals surface area contributed by atoms with Gasteiger partial charge in [-0.25, -0.2) is 4.39 Å². The lowest BCUT2D eigenvalue weighted by Crippen LogP contribution is -2.30. The van der Waals surface area contributed by atoms with Crippen molar-refractivity contribution in [2.24, 2.45) is 5.92 Å². The molecule has 0 amide bonds. The van der Waals surface area contributed by atoms with E-state index in [2.05, 4.69) is 39.6 Å². The summed E-state index contributed by atoms with van der Waals surface area (Å²) in [5.74, 6) is 0.250. The number of aryl methyl sites for hydroxylation is 1. The van der Waals surface area contributed by atoms with E-state index in [0.29, 0.717) is 12.0 Å². The number of rotatable bonds is 6. The van der Waals surface area contributed by atoms with Gasteiger partial charge < -0.3 is 5.32 Å². The second-order valence-electron chi connectivity index (χ2n) is 5.87. The van der Waals surface area contributed by atoms with Crippen molar-refractivity contribution in [2.75, 3.05) is 6.54 Å². The SMILES string of the molecule is C=C(C(C)C)[C@H](CNC(C)C)c1ccc(C)cc1F. The maximum atomic E-state index is 14.2. The van der Waals surface area contributed by atoms with Gasteiger partial charge in [0, 0.05) is 18.5 Å². The first-order valence-corrected chi connectivity index (χ1v) is 7.01. The summed E-state index contributed by atoms with van der Waals surface area (Å²) >= 11 is 0. The number of halogens is 1. The zero-order valence-corrected chi connectivity index (χ0v) is 12.8. The van der Waals surface area contributed by atoms with Crippen molar-refractivity contribution < 1.29 is 4.39 Å². The molecule has 1 aromatic carbocycles. The molecule has 0 bridgehead atoms. The van der Waals surface area contributed by atoms with Gasteiger partial charge in [-0.15, -0.1) is 0 Å². The molecule has 0 fully saturated rings. The Morgan fingerprint density at radius 1 is 1.26 bits per heavy atom. The highest BCUT2D eigenvalue weighted by atomic mass is 19.1. The predicted molar refractivity (Wildman–Crippen MR) is 81.0 cm³/mol. The summed E-state index contributed by atoms with van der Waals surface area (Å²) in [5, 5.41) is 3.39. The van der Waals surface area contributed by atoms with Gasteiger partial charge in [-0.05, 0) is 30.0 Å². The molecule has 0 aliphatic rings. The van der Waals surface area contributed by atoms with Crippen LogP contribution in [0.1, 0.15) is 44.7 Å². The van der Waals surface area contributed by atoms with Gasteiger partial charge in [0.05, 0.1) is 0 Å². The summed E-state index contributed by atoms with van der Waals surface area (Å²) in [5.41, 5.74) is 2.78. The minimum atomic E-state index is -0.127. The fourth-order valence-corrected chi connectivity index (χ4v) is 2.11. The fourth-order valence-electron chi connectivity index (χ4n) is 2.11. The molecule has 0 unspecified atom stereocenters. The third kappa shape index (κ3) is 4.46. The molecule has 1 aromatic rings. The van der Waals surface area contributed by atoms with Gasteiger partial charge in [-0.1, -0.05) is 52.0 Å². The summed E-state index contributed by atoms with van der Waals surface area (Å²) in [6, 6.07) is 5.85. The maximum absolute atomic E-state index is 14.2. The van der Waals surface area contributed by atoms with Crippen LogP contribution < -0.4 is 5.32 Å².